The number of nitrogens with one attached hydrogen (secondary N) is 2. The van der Waals surface area contributed by atoms with Crippen LogP contribution < -0.4 is 10.6 Å². The molecule has 0 saturated heterocycles. The van der Waals surface area contributed by atoms with Crippen LogP contribution in [-0.2, 0) is 9.59 Å². The Balaban J connectivity index is 4.34. The molecule has 0 spiro atoms. The minimum absolute atomic E-state index is 0.0586. The lowest BCUT2D eigenvalue weighted by Gasteiger charge is -2.30. The molecule has 0 aliphatic carbocycles. The highest BCUT2D eigenvalue weighted by atomic mass is 16.4. The fourth-order valence-electron chi connectivity index (χ4n) is 1.29. The van der Waals surface area contributed by atoms with Crippen LogP contribution in [0.4, 0.5) is 0 Å². The highest BCUT2D eigenvalue weighted by molar-refractivity contribution is 5.79. The van der Waals surface area contributed by atoms with Crippen molar-refractivity contribution in [2.75, 3.05) is 6.54 Å². The summed E-state index contributed by atoms with van der Waals surface area (Å²) in [6.07, 6.45) is -0.0586. The number of amides is 1. The zero-order valence-electron chi connectivity index (χ0n) is 11.3. The number of carboxylic acid groups (broad SMARTS) is 1. The van der Waals surface area contributed by atoms with Gasteiger partial charge in [-0.3, -0.25) is 9.59 Å². The van der Waals surface area contributed by atoms with E-state index < -0.39 is 5.97 Å². The molecular weight excluding hydrogens is 220 g/mol. The molecule has 0 aromatic carbocycles. The topological polar surface area (TPSA) is 78.4 Å². The lowest BCUT2D eigenvalue weighted by molar-refractivity contribution is -0.138. The van der Waals surface area contributed by atoms with Gasteiger partial charge in [-0.2, -0.15) is 0 Å². The fraction of sp³-hybridized carbons (Fsp3) is 0.833. The summed E-state index contributed by atoms with van der Waals surface area (Å²) < 4.78 is 0. The summed E-state index contributed by atoms with van der Waals surface area (Å²) in [7, 11) is 0. The molecule has 0 aromatic heterocycles. The molecule has 1 unspecified atom stereocenters. The molecule has 0 fully saturated rings. The maximum atomic E-state index is 11.6. The highest BCUT2D eigenvalue weighted by Gasteiger charge is 2.28. The smallest absolute Gasteiger partial charge is 0.305 e. The third-order valence-electron chi connectivity index (χ3n) is 2.43. The first-order valence-electron chi connectivity index (χ1n) is 5.87. The molecule has 0 radical (unpaired) electrons. The van der Waals surface area contributed by atoms with Crippen molar-refractivity contribution in [2.45, 2.75) is 53.1 Å². The van der Waals surface area contributed by atoms with E-state index in [1.54, 1.807) is 0 Å². The lowest BCUT2D eigenvalue weighted by atomic mass is 9.84. The standard InChI is InChI=1S/C12H24N2O3/c1-8(2)13-7-10(15)14-9(6-11(16)17)12(3,4)5/h8-9,13H,6-7H2,1-5H3,(H,14,15)(H,16,17). The zero-order valence-corrected chi connectivity index (χ0v) is 11.3. The number of carbonyl (C=O) groups excluding carboxylic acids is 1. The van der Waals surface area contributed by atoms with Gasteiger partial charge in [0.25, 0.3) is 0 Å². The van der Waals surface area contributed by atoms with E-state index in [0.29, 0.717) is 0 Å². The number of carbonyl (C=O) groups is 2. The summed E-state index contributed by atoms with van der Waals surface area (Å²) in [6.45, 7) is 9.85. The molecule has 0 rings (SSSR count). The minimum Gasteiger partial charge on any atom is -0.481 e. The van der Waals surface area contributed by atoms with E-state index in [-0.39, 0.29) is 36.4 Å². The van der Waals surface area contributed by atoms with Gasteiger partial charge in [-0.05, 0) is 5.41 Å². The van der Waals surface area contributed by atoms with Gasteiger partial charge < -0.3 is 15.7 Å². The molecule has 1 atom stereocenters. The monoisotopic (exact) mass is 244 g/mol. The summed E-state index contributed by atoms with van der Waals surface area (Å²) in [4.78, 5) is 22.4. The Morgan fingerprint density at radius 1 is 1.24 bits per heavy atom. The Morgan fingerprint density at radius 3 is 2.12 bits per heavy atom. The maximum Gasteiger partial charge on any atom is 0.305 e. The Labute approximate surface area is 103 Å². The van der Waals surface area contributed by atoms with Crippen LogP contribution in [0.3, 0.4) is 0 Å². The molecule has 5 nitrogen and oxygen atoms in total. The Hall–Kier alpha value is -1.10. The van der Waals surface area contributed by atoms with Crippen LogP contribution in [-0.4, -0.2) is 35.6 Å². The van der Waals surface area contributed by atoms with Gasteiger partial charge in [-0.25, -0.2) is 0 Å². The Bertz CT molecular complexity index is 269. The predicted molar refractivity (Wildman–Crippen MR) is 66.8 cm³/mol. The van der Waals surface area contributed by atoms with Gasteiger partial charge in [-0.15, -0.1) is 0 Å². The normalized spacial score (nSPS) is 13.5. The lowest BCUT2D eigenvalue weighted by Crippen LogP contribution is -2.48. The second kappa shape index (κ2) is 6.59. The summed E-state index contributed by atoms with van der Waals surface area (Å²) >= 11 is 0. The van der Waals surface area contributed by atoms with Gasteiger partial charge in [0.05, 0.1) is 13.0 Å². The third-order valence-corrected chi connectivity index (χ3v) is 2.43. The van der Waals surface area contributed by atoms with Crippen molar-refractivity contribution in [1.82, 2.24) is 10.6 Å². The van der Waals surface area contributed by atoms with Gasteiger partial charge in [0.2, 0.25) is 5.91 Å². The molecule has 0 saturated carbocycles. The molecule has 5 heteroatoms. The first kappa shape index (κ1) is 15.9. The second-order valence-electron chi connectivity index (χ2n) is 5.62. The van der Waals surface area contributed by atoms with E-state index in [9.17, 15) is 9.59 Å². The van der Waals surface area contributed by atoms with Crippen LogP contribution in [0.25, 0.3) is 0 Å². The molecule has 3 N–H and O–H groups in total. The number of aliphatic carboxylic acids is 1. The molecule has 1 amide bonds. The molecule has 17 heavy (non-hydrogen) atoms. The Morgan fingerprint density at radius 2 is 1.76 bits per heavy atom. The SMILES string of the molecule is CC(C)NCC(=O)NC(CC(=O)O)C(C)(C)C. The van der Waals surface area contributed by atoms with Crippen molar-refractivity contribution < 1.29 is 14.7 Å². The van der Waals surface area contributed by atoms with Crippen molar-refractivity contribution in [3.8, 4) is 0 Å². The van der Waals surface area contributed by atoms with Gasteiger partial charge in [0.15, 0.2) is 0 Å². The van der Waals surface area contributed by atoms with Gasteiger partial charge in [0.1, 0.15) is 0 Å². The third kappa shape index (κ3) is 7.74. The van der Waals surface area contributed by atoms with Crippen LogP contribution in [0.2, 0.25) is 0 Å². The van der Waals surface area contributed by atoms with Crippen molar-refractivity contribution in [3.63, 3.8) is 0 Å². The summed E-state index contributed by atoms with van der Waals surface area (Å²) in [6, 6.07) is -0.130. The van der Waals surface area contributed by atoms with E-state index >= 15 is 0 Å². The van der Waals surface area contributed by atoms with Crippen LogP contribution in [0.15, 0.2) is 0 Å². The zero-order chi connectivity index (χ0) is 13.6. The van der Waals surface area contributed by atoms with E-state index in [4.69, 9.17) is 5.11 Å². The summed E-state index contributed by atoms with van der Waals surface area (Å²) in [5, 5.41) is 14.6. The second-order valence-corrected chi connectivity index (χ2v) is 5.62. The molecule has 0 heterocycles. The average Bonchev–Trinajstić information content (AvgIpc) is 2.11. The summed E-state index contributed by atoms with van der Waals surface area (Å²) in [5.41, 5.74) is -0.272. The number of carboxylic acids is 1. The molecule has 0 aromatic rings. The Kier molecular flexibility index (Phi) is 6.16. The number of hydrogen-bond acceptors (Lipinski definition) is 3. The van der Waals surface area contributed by atoms with Crippen LogP contribution in [0, 0.1) is 5.41 Å². The average molecular weight is 244 g/mol. The van der Waals surface area contributed by atoms with Gasteiger partial charge >= 0.3 is 5.97 Å². The van der Waals surface area contributed by atoms with Crippen LogP contribution in [0.1, 0.15) is 41.0 Å². The minimum atomic E-state index is -0.901. The van der Waals surface area contributed by atoms with E-state index in [2.05, 4.69) is 10.6 Å². The molecule has 0 aliphatic heterocycles. The first-order chi connectivity index (χ1) is 7.62. The van der Waals surface area contributed by atoms with Gasteiger partial charge in [0, 0.05) is 12.1 Å². The van der Waals surface area contributed by atoms with Crippen molar-refractivity contribution >= 4 is 11.9 Å². The predicted octanol–water partition coefficient (Wildman–Crippen LogP) is 0.990. The molecule has 100 valence electrons. The van der Waals surface area contributed by atoms with Gasteiger partial charge in [-0.1, -0.05) is 34.6 Å². The van der Waals surface area contributed by atoms with E-state index in [1.165, 1.54) is 0 Å². The van der Waals surface area contributed by atoms with Crippen molar-refractivity contribution in [2.24, 2.45) is 5.41 Å². The number of rotatable bonds is 6. The summed E-state index contributed by atoms with van der Waals surface area (Å²) in [5.74, 6) is -1.07. The van der Waals surface area contributed by atoms with E-state index in [1.807, 2.05) is 34.6 Å². The maximum absolute atomic E-state index is 11.6. The fourth-order valence-corrected chi connectivity index (χ4v) is 1.29. The van der Waals surface area contributed by atoms with E-state index in [0.717, 1.165) is 0 Å². The highest BCUT2D eigenvalue weighted by Crippen LogP contribution is 2.21. The van der Waals surface area contributed by atoms with Crippen molar-refractivity contribution in [3.05, 3.63) is 0 Å². The molecule has 0 bridgehead atoms. The largest absolute Gasteiger partial charge is 0.481 e. The van der Waals surface area contributed by atoms with Crippen molar-refractivity contribution in [1.29, 1.82) is 0 Å². The quantitative estimate of drug-likeness (QED) is 0.651. The molecular formula is C12H24N2O3. The van der Waals surface area contributed by atoms with Crippen LogP contribution in [0.5, 0.6) is 0 Å². The number of hydrogen-bond donors (Lipinski definition) is 3. The van der Waals surface area contributed by atoms with Crippen LogP contribution >= 0.6 is 0 Å². The first-order valence-corrected chi connectivity index (χ1v) is 5.87. The molecule has 0 aliphatic rings.